The van der Waals surface area contributed by atoms with Crippen molar-refractivity contribution in [3.8, 4) is 0 Å². The van der Waals surface area contributed by atoms with Gasteiger partial charge >= 0.3 is 0 Å². The van der Waals surface area contributed by atoms with Crippen molar-refractivity contribution in [2.75, 3.05) is 16.7 Å². The maximum atomic E-state index is 12.9. The first-order chi connectivity index (χ1) is 13.5. The Kier molecular flexibility index (Phi) is 6.11. The molecule has 0 saturated heterocycles. The molecule has 1 N–H and O–H groups in total. The molecule has 3 aromatic rings. The molecule has 0 aliphatic rings. The molecule has 28 heavy (non-hydrogen) atoms. The van der Waals surface area contributed by atoms with Gasteiger partial charge in [0.05, 0.1) is 10.6 Å². The van der Waals surface area contributed by atoms with Gasteiger partial charge in [-0.15, -0.1) is 0 Å². The number of amides is 1. The lowest BCUT2D eigenvalue weighted by atomic mass is 10.1. The van der Waals surface area contributed by atoms with E-state index in [1.54, 1.807) is 36.4 Å². The van der Waals surface area contributed by atoms with Crippen LogP contribution in [0.3, 0.4) is 0 Å². The Morgan fingerprint density at radius 3 is 2.21 bits per heavy atom. The maximum Gasteiger partial charge on any atom is 0.264 e. The van der Waals surface area contributed by atoms with Crippen molar-refractivity contribution in [2.45, 2.75) is 17.7 Å². The van der Waals surface area contributed by atoms with E-state index in [4.69, 9.17) is 0 Å². The van der Waals surface area contributed by atoms with Crippen LogP contribution >= 0.6 is 0 Å². The standard InChI is InChI=1S/C22H22N2O3S/c1-24(20-12-6-3-7-13-20)28(26,27)21-14-8-11-19(17-21)23-22(25)16-15-18-9-4-2-5-10-18/h2-14,17H,15-16H2,1H3,(H,23,25). The maximum absolute atomic E-state index is 12.9. The van der Waals surface area contributed by atoms with Crippen molar-refractivity contribution in [2.24, 2.45) is 0 Å². The summed E-state index contributed by atoms with van der Waals surface area (Å²) in [6.07, 6.45) is 0.951. The number of sulfonamides is 1. The first kappa shape index (κ1) is 19.6. The van der Waals surface area contributed by atoms with Crippen LogP contribution in [0.4, 0.5) is 11.4 Å². The van der Waals surface area contributed by atoms with Gasteiger partial charge in [0.1, 0.15) is 0 Å². The zero-order valence-electron chi connectivity index (χ0n) is 15.6. The fourth-order valence-electron chi connectivity index (χ4n) is 2.80. The van der Waals surface area contributed by atoms with Crippen LogP contribution in [0.15, 0.2) is 89.8 Å². The van der Waals surface area contributed by atoms with E-state index in [0.29, 0.717) is 24.2 Å². The quantitative estimate of drug-likeness (QED) is 0.657. The minimum atomic E-state index is -3.72. The molecule has 0 heterocycles. The number of hydrogen-bond donors (Lipinski definition) is 1. The largest absolute Gasteiger partial charge is 0.326 e. The second kappa shape index (κ2) is 8.71. The summed E-state index contributed by atoms with van der Waals surface area (Å²) >= 11 is 0. The van der Waals surface area contributed by atoms with Crippen LogP contribution in [-0.4, -0.2) is 21.4 Å². The van der Waals surface area contributed by atoms with Gasteiger partial charge < -0.3 is 5.32 Å². The molecule has 144 valence electrons. The third-order valence-corrected chi connectivity index (χ3v) is 6.16. The highest BCUT2D eigenvalue weighted by atomic mass is 32.2. The molecule has 1 amide bonds. The predicted molar refractivity (Wildman–Crippen MR) is 112 cm³/mol. The van der Waals surface area contributed by atoms with Crippen LogP contribution in [0.25, 0.3) is 0 Å². The summed E-state index contributed by atoms with van der Waals surface area (Å²) in [5, 5.41) is 2.78. The number of nitrogens with one attached hydrogen (secondary N) is 1. The normalized spacial score (nSPS) is 11.0. The van der Waals surface area contributed by atoms with Gasteiger partial charge in [-0.05, 0) is 42.3 Å². The van der Waals surface area contributed by atoms with Crippen LogP contribution in [0, 0.1) is 0 Å². The Hall–Kier alpha value is -3.12. The fraction of sp³-hybridized carbons (Fsp3) is 0.136. The van der Waals surface area contributed by atoms with E-state index in [-0.39, 0.29) is 10.8 Å². The number of hydrogen-bond acceptors (Lipinski definition) is 3. The summed E-state index contributed by atoms with van der Waals surface area (Å²) < 4.78 is 27.0. The van der Waals surface area contributed by atoms with Gasteiger partial charge in [-0.1, -0.05) is 54.6 Å². The second-order valence-electron chi connectivity index (χ2n) is 6.37. The molecule has 0 fully saturated rings. The number of carbonyl (C=O) groups excluding carboxylic acids is 1. The highest BCUT2D eigenvalue weighted by molar-refractivity contribution is 7.92. The van der Waals surface area contributed by atoms with E-state index in [1.807, 2.05) is 36.4 Å². The zero-order valence-corrected chi connectivity index (χ0v) is 16.4. The van der Waals surface area contributed by atoms with Crippen LogP contribution in [0.1, 0.15) is 12.0 Å². The Morgan fingerprint density at radius 2 is 1.54 bits per heavy atom. The molecule has 3 aromatic carbocycles. The molecule has 0 bridgehead atoms. The predicted octanol–water partition coefficient (Wildman–Crippen LogP) is 4.08. The van der Waals surface area contributed by atoms with E-state index in [0.717, 1.165) is 5.56 Å². The molecular weight excluding hydrogens is 372 g/mol. The number of nitrogens with zero attached hydrogens (tertiary/aromatic N) is 1. The average Bonchev–Trinajstić information content (AvgIpc) is 2.73. The van der Waals surface area contributed by atoms with Gasteiger partial charge in [0.15, 0.2) is 0 Å². The summed E-state index contributed by atoms with van der Waals surface area (Å²) in [6.45, 7) is 0. The number of benzene rings is 3. The highest BCUT2D eigenvalue weighted by Crippen LogP contribution is 2.23. The summed E-state index contributed by atoms with van der Waals surface area (Å²) in [4.78, 5) is 12.4. The fourth-order valence-corrected chi connectivity index (χ4v) is 4.04. The molecule has 0 aliphatic carbocycles. The van der Waals surface area contributed by atoms with Crippen molar-refractivity contribution < 1.29 is 13.2 Å². The molecule has 0 saturated carbocycles. The lowest BCUT2D eigenvalue weighted by Gasteiger charge is -2.19. The van der Waals surface area contributed by atoms with Gasteiger partial charge in [0.25, 0.3) is 10.0 Å². The lowest BCUT2D eigenvalue weighted by molar-refractivity contribution is -0.116. The van der Waals surface area contributed by atoms with Crippen molar-refractivity contribution in [1.29, 1.82) is 0 Å². The molecule has 0 atom stereocenters. The molecule has 0 unspecified atom stereocenters. The summed E-state index contributed by atoms with van der Waals surface area (Å²) in [5.41, 5.74) is 2.11. The van der Waals surface area contributed by atoms with Gasteiger partial charge in [-0.25, -0.2) is 8.42 Å². The smallest absolute Gasteiger partial charge is 0.264 e. The first-order valence-corrected chi connectivity index (χ1v) is 10.4. The summed E-state index contributed by atoms with van der Waals surface area (Å²) in [5.74, 6) is -0.158. The Morgan fingerprint density at radius 1 is 0.893 bits per heavy atom. The minimum Gasteiger partial charge on any atom is -0.326 e. The third-order valence-electron chi connectivity index (χ3n) is 4.38. The van der Waals surface area contributed by atoms with Gasteiger partial charge in [0, 0.05) is 19.2 Å². The molecular formula is C22H22N2O3S. The van der Waals surface area contributed by atoms with Crippen molar-refractivity contribution in [3.63, 3.8) is 0 Å². The molecule has 6 heteroatoms. The highest BCUT2D eigenvalue weighted by Gasteiger charge is 2.21. The molecule has 0 spiro atoms. The molecule has 0 aliphatic heterocycles. The van der Waals surface area contributed by atoms with E-state index in [2.05, 4.69) is 5.32 Å². The number of carbonyl (C=O) groups is 1. The van der Waals surface area contributed by atoms with Crippen LogP contribution in [-0.2, 0) is 21.2 Å². The number of anilines is 2. The Bertz CT molecular complexity index is 1040. The van der Waals surface area contributed by atoms with Crippen molar-refractivity contribution in [3.05, 3.63) is 90.5 Å². The van der Waals surface area contributed by atoms with Crippen LogP contribution < -0.4 is 9.62 Å². The third kappa shape index (κ3) is 4.78. The van der Waals surface area contributed by atoms with Gasteiger partial charge in [-0.3, -0.25) is 9.10 Å². The first-order valence-electron chi connectivity index (χ1n) is 8.94. The van der Waals surface area contributed by atoms with Crippen molar-refractivity contribution in [1.82, 2.24) is 0 Å². The summed E-state index contributed by atoms with van der Waals surface area (Å²) in [6, 6.07) is 24.9. The van der Waals surface area contributed by atoms with Gasteiger partial charge in [0.2, 0.25) is 5.91 Å². The van der Waals surface area contributed by atoms with Crippen LogP contribution in [0.2, 0.25) is 0 Å². The SMILES string of the molecule is CN(c1ccccc1)S(=O)(=O)c1cccc(NC(=O)CCc2ccccc2)c1. The topological polar surface area (TPSA) is 66.5 Å². The van der Waals surface area contributed by atoms with E-state index in [1.165, 1.54) is 23.5 Å². The summed E-state index contributed by atoms with van der Waals surface area (Å²) in [7, 11) is -2.21. The molecule has 5 nitrogen and oxygen atoms in total. The number of rotatable bonds is 7. The van der Waals surface area contributed by atoms with Crippen molar-refractivity contribution >= 4 is 27.3 Å². The van der Waals surface area contributed by atoms with E-state index < -0.39 is 10.0 Å². The molecule has 0 aromatic heterocycles. The molecule has 3 rings (SSSR count). The number of para-hydroxylation sites is 1. The second-order valence-corrected chi connectivity index (χ2v) is 8.34. The minimum absolute atomic E-state index is 0.125. The Labute approximate surface area is 165 Å². The van der Waals surface area contributed by atoms with E-state index in [9.17, 15) is 13.2 Å². The Balaban J connectivity index is 1.70. The zero-order chi connectivity index (χ0) is 20.0. The molecule has 0 radical (unpaired) electrons. The average molecular weight is 394 g/mol. The van der Waals surface area contributed by atoms with Gasteiger partial charge in [-0.2, -0.15) is 0 Å². The lowest BCUT2D eigenvalue weighted by Crippen LogP contribution is -2.26. The monoisotopic (exact) mass is 394 g/mol. The van der Waals surface area contributed by atoms with Crippen LogP contribution in [0.5, 0.6) is 0 Å². The number of aryl methyl sites for hydroxylation is 1. The van der Waals surface area contributed by atoms with E-state index >= 15 is 0 Å².